The quantitative estimate of drug-likeness (QED) is 0.609. The van der Waals surface area contributed by atoms with Crippen LogP contribution in [0.25, 0.3) is 10.8 Å². The van der Waals surface area contributed by atoms with Crippen molar-refractivity contribution in [3.63, 3.8) is 0 Å². The van der Waals surface area contributed by atoms with Gasteiger partial charge in [-0.25, -0.2) is 0 Å². The van der Waals surface area contributed by atoms with E-state index in [1.165, 1.54) is 29.2 Å². The Morgan fingerprint density at radius 3 is 2.88 bits per heavy atom. The first-order chi connectivity index (χ1) is 11.3. The van der Waals surface area contributed by atoms with Crippen molar-refractivity contribution in [2.75, 3.05) is 0 Å². The van der Waals surface area contributed by atoms with E-state index in [9.17, 15) is 0 Å². The lowest BCUT2D eigenvalue weighted by molar-refractivity contribution is 0.409. The van der Waals surface area contributed by atoms with Crippen LogP contribution < -0.4 is 5.32 Å². The topological polar surface area (TPSA) is 51.0 Å². The Labute approximate surface area is 149 Å². The average molecular weight is 346 g/mol. The van der Waals surface area contributed by atoms with Crippen molar-refractivity contribution in [3.8, 4) is 0 Å². The first-order valence-electron chi connectivity index (χ1n) is 8.26. The standard InChI is InChI=1S/C19H23N3O.ClH/c1-15(4-2-3-5-19-9-11-23-22-19)21-13-16-6-7-18-14-20-10-8-17(18)12-16;/h6-12,14-15,21H,2-5,13H2,1H3;1H/t15-;/m1./s1. The summed E-state index contributed by atoms with van der Waals surface area (Å²) in [5, 5.41) is 9.99. The van der Waals surface area contributed by atoms with Crippen LogP contribution in [0.3, 0.4) is 0 Å². The van der Waals surface area contributed by atoms with Gasteiger partial charge in [0, 0.05) is 36.4 Å². The molecule has 0 saturated carbocycles. The van der Waals surface area contributed by atoms with Gasteiger partial charge in [-0.05, 0) is 49.3 Å². The summed E-state index contributed by atoms with van der Waals surface area (Å²) < 4.78 is 4.84. The summed E-state index contributed by atoms with van der Waals surface area (Å²) in [5.74, 6) is 0. The monoisotopic (exact) mass is 345 g/mol. The highest BCUT2D eigenvalue weighted by atomic mass is 35.5. The average Bonchev–Trinajstić information content (AvgIpc) is 3.10. The van der Waals surface area contributed by atoms with Gasteiger partial charge in [-0.3, -0.25) is 4.98 Å². The Bertz CT molecular complexity index is 730. The van der Waals surface area contributed by atoms with Crippen molar-refractivity contribution in [2.24, 2.45) is 0 Å². The SMILES string of the molecule is C[C@H](CCCCc1ccon1)NCc1ccc2cnccc2c1.Cl. The molecular formula is C19H24ClN3O. The summed E-state index contributed by atoms with van der Waals surface area (Å²) in [4.78, 5) is 4.15. The third-order valence-corrected chi connectivity index (χ3v) is 4.17. The van der Waals surface area contributed by atoms with Crippen LogP contribution in [0.5, 0.6) is 0 Å². The molecule has 2 heterocycles. The van der Waals surface area contributed by atoms with Gasteiger partial charge < -0.3 is 9.84 Å². The predicted octanol–water partition coefficient (Wildman–Crippen LogP) is 4.54. The van der Waals surface area contributed by atoms with Gasteiger partial charge in [0.15, 0.2) is 0 Å². The predicted molar refractivity (Wildman–Crippen MR) is 99.4 cm³/mol. The molecule has 0 radical (unpaired) electrons. The number of nitrogens with zero attached hydrogens (tertiary/aromatic N) is 2. The van der Waals surface area contributed by atoms with Crippen molar-refractivity contribution in [1.82, 2.24) is 15.5 Å². The van der Waals surface area contributed by atoms with Gasteiger partial charge >= 0.3 is 0 Å². The zero-order valence-corrected chi connectivity index (χ0v) is 14.8. The molecule has 128 valence electrons. The molecule has 24 heavy (non-hydrogen) atoms. The van der Waals surface area contributed by atoms with Crippen LogP contribution in [-0.4, -0.2) is 16.2 Å². The number of benzene rings is 1. The number of fused-ring (bicyclic) bond motifs is 1. The molecule has 0 aliphatic carbocycles. The van der Waals surface area contributed by atoms with E-state index in [0.29, 0.717) is 6.04 Å². The summed E-state index contributed by atoms with van der Waals surface area (Å²) >= 11 is 0. The fraction of sp³-hybridized carbons (Fsp3) is 0.368. The Morgan fingerprint density at radius 1 is 1.12 bits per heavy atom. The lowest BCUT2D eigenvalue weighted by Crippen LogP contribution is -2.25. The van der Waals surface area contributed by atoms with Crippen LogP contribution in [0.15, 0.2) is 53.5 Å². The highest BCUT2D eigenvalue weighted by Gasteiger charge is 2.03. The summed E-state index contributed by atoms with van der Waals surface area (Å²) in [6.45, 7) is 3.16. The van der Waals surface area contributed by atoms with E-state index in [1.54, 1.807) is 6.26 Å². The van der Waals surface area contributed by atoms with E-state index >= 15 is 0 Å². The van der Waals surface area contributed by atoms with E-state index in [2.05, 4.69) is 46.6 Å². The van der Waals surface area contributed by atoms with Crippen molar-refractivity contribution < 1.29 is 4.52 Å². The van der Waals surface area contributed by atoms with E-state index in [0.717, 1.165) is 25.1 Å². The van der Waals surface area contributed by atoms with Crippen molar-refractivity contribution >= 4 is 23.2 Å². The minimum Gasteiger partial charge on any atom is -0.365 e. The molecule has 0 bridgehead atoms. The molecule has 0 amide bonds. The number of hydrogen-bond acceptors (Lipinski definition) is 4. The number of rotatable bonds is 8. The molecule has 0 spiro atoms. The van der Waals surface area contributed by atoms with E-state index in [1.807, 2.05) is 18.5 Å². The van der Waals surface area contributed by atoms with E-state index < -0.39 is 0 Å². The molecule has 0 unspecified atom stereocenters. The molecule has 0 aliphatic rings. The van der Waals surface area contributed by atoms with Crippen LogP contribution >= 0.6 is 12.4 Å². The fourth-order valence-electron chi connectivity index (χ4n) is 2.76. The minimum atomic E-state index is 0. The molecule has 0 saturated heterocycles. The first kappa shape index (κ1) is 18.4. The highest BCUT2D eigenvalue weighted by molar-refractivity contribution is 5.85. The normalized spacial score (nSPS) is 12.0. The third kappa shape index (κ3) is 5.32. The molecule has 5 heteroatoms. The summed E-state index contributed by atoms with van der Waals surface area (Å²) in [7, 11) is 0. The Hall–Kier alpha value is -1.91. The van der Waals surface area contributed by atoms with Crippen LogP contribution in [0.2, 0.25) is 0 Å². The number of aromatic nitrogens is 2. The molecule has 0 fully saturated rings. The number of nitrogens with one attached hydrogen (secondary N) is 1. The zero-order valence-electron chi connectivity index (χ0n) is 13.9. The Kier molecular flexibility index (Phi) is 7.22. The highest BCUT2D eigenvalue weighted by Crippen LogP contribution is 2.14. The third-order valence-electron chi connectivity index (χ3n) is 4.17. The van der Waals surface area contributed by atoms with Crippen LogP contribution in [0.1, 0.15) is 37.4 Å². The van der Waals surface area contributed by atoms with E-state index in [4.69, 9.17) is 4.52 Å². The number of hydrogen-bond donors (Lipinski definition) is 1. The van der Waals surface area contributed by atoms with Crippen LogP contribution in [-0.2, 0) is 13.0 Å². The van der Waals surface area contributed by atoms with Gasteiger partial charge in [-0.1, -0.05) is 23.7 Å². The van der Waals surface area contributed by atoms with Crippen molar-refractivity contribution in [3.05, 3.63) is 60.2 Å². The molecule has 1 atom stereocenters. The lowest BCUT2D eigenvalue weighted by atomic mass is 10.1. The Balaban J connectivity index is 0.00000208. The maximum atomic E-state index is 4.84. The number of halogens is 1. The van der Waals surface area contributed by atoms with Gasteiger partial charge in [-0.2, -0.15) is 0 Å². The van der Waals surface area contributed by atoms with Crippen molar-refractivity contribution in [1.29, 1.82) is 0 Å². The number of unbranched alkanes of at least 4 members (excludes halogenated alkanes) is 1. The maximum absolute atomic E-state index is 4.84. The second kappa shape index (κ2) is 9.40. The minimum absolute atomic E-state index is 0. The molecule has 2 aromatic heterocycles. The van der Waals surface area contributed by atoms with Crippen molar-refractivity contribution in [2.45, 2.75) is 45.2 Å². The summed E-state index contributed by atoms with van der Waals surface area (Å²) in [6.07, 6.45) is 9.92. The Morgan fingerprint density at radius 2 is 2.04 bits per heavy atom. The van der Waals surface area contributed by atoms with Gasteiger partial charge in [-0.15, -0.1) is 12.4 Å². The maximum Gasteiger partial charge on any atom is 0.124 e. The first-order valence-corrected chi connectivity index (χ1v) is 8.26. The van der Waals surface area contributed by atoms with Gasteiger partial charge in [0.25, 0.3) is 0 Å². The van der Waals surface area contributed by atoms with Gasteiger partial charge in [0.05, 0.1) is 5.69 Å². The van der Waals surface area contributed by atoms with Crippen LogP contribution in [0, 0.1) is 0 Å². The smallest absolute Gasteiger partial charge is 0.124 e. The largest absolute Gasteiger partial charge is 0.365 e. The molecular weight excluding hydrogens is 322 g/mol. The lowest BCUT2D eigenvalue weighted by Gasteiger charge is -2.14. The molecule has 1 N–H and O–H groups in total. The van der Waals surface area contributed by atoms with Gasteiger partial charge in [0.1, 0.15) is 6.26 Å². The second-order valence-electron chi connectivity index (χ2n) is 6.08. The van der Waals surface area contributed by atoms with Gasteiger partial charge in [0.2, 0.25) is 0 Å². The second-order valence-corrected chi connectivity index (χ2v) is 6.08. The molecule has 4 nitrogen and oxygen atoms in total. The zero-order chi connectivity index (χ0) is 15.9. The molecule has 3 aromatic rings. The number of pyridine rings is 1. The molecule has 1 aromatic carbocycles. The number of aryl methyl sites for hydroxylation is 1. The van der Waals surface area contributed by atoms with Crippen LogP contribution in [0.4, 0.5) is 0 Å². The summed E-state index contributed by atoms with van der Waals surface area (Å²) in [5.41, 5.74) is 2.37. The fourth-order valence-corrected chi connectivity index (χ4v) is 2.76. The summed E-state index contributed by atoms with van der Waals surface area (Å²) in [6, 6.07) is 11.1. The molecule has 3 rings (SSSR count). The van der Waals surface area contributed by atoms with E-state index in [-0.39, 0.29) is 12.4 Å². The molecule has 0 aliphatic heterocycles.